The summed E-state index contributed by atoms with van der Waals surface area (Å²) in [6.45, 7) is 5.20. The van der Waals surface area contributed by atoms with Gasteiger partial charge >= 0.3 is 5.97 Å². The molecule has 10 heteroatoms. The minimum Gasteiger partial charge on any atom is -0.495 e. The number of benzene rings is 2. The van der Waals surface area contributed by atoms with Crippen molar-refractivity contribution in [2.45, 2.75) is 25.7 Å². The second-order valence-corrected chi connectivity index (χ2v) is 8.86. The van der Waals surface area contributed by atoms with Crippen molar-refractivity contribution in [3.63, 3.8) is 0 Å². The molecule has 0 saturated carbocycles. The van der Waals surface area contributed by atoms with E-state index in [0.29, 0.717) is 35.1 Å². The van der Waals surface area contributed by atoms with Crippen LogP contribution < -0.4 is 10.1 Å². The van der Waals surface area contributed by atoms with Crippen molar-refractivity contribution in [2.75, 3.05) is 32.1 Å². The van der Waals surface area contributed by atoms with Crippen molar-refractivity contribution in [1.82, 2.24) is 4.31 Å². The Hall–Kier alpha value is -2.62. The van der Waals surface area contributed by atoms with Crippen LogP contribution in [0.5, 0.6) is 5.75 Å². The number of carbonyl (C=O) groups excluding carboxylic acids is 2. The topological polar surface area (TPSA) is 102 Å². The average molecular weight is 469 g/mol. The van der Waals surface area contributed by atoms with Gasteiger partial charge in [-0.15, -0.1) is 0 Å². The van der Waals surface area contributed by atoms with Crippen LogP contribution in [0.2, 0.25) is 5.02 Å². The maximum Gasteiger partial charge on any atom is 0.338 e. The van der Waals surface area contributed by atoms with E-state index in [1.807, 2.05) is 0 Å². The molecular weight excluding hydrogens is 444 g/mol. The van der Waals surface area contributed by atoms with Crippen LogP contribution in [-0.4, -0.2) is 51.4 Å². The molecule has 2 rings (SSSR count). The van der Waals surface area contributed by atoms with Crippen molar-refractivity contribution in [3.05, 3.63) is 52.5 Å². The molecule has 0 aromatic heterocycles. The van der Waals surface area contributed by atoms with Gasteiger partial charge in [0.05, 0.1) is 22.6 Å². The lowest BCUT2D eigenvalue weighted by Crippen LogP contribution is -2.31. The average Bonchev–Trinajstić information content (AvgIpc) is 2.73. The Kier molecular flexibility index (Phi) is 8.43. The lowest BCUT2D eigenvalue weighted by atomic mass is 10.1. The summed E-state index contributed by atoms with van der Waals surface area (Å²) in [5.41, 5.74) is 0.962. The molecule has 2 aromatic carbocycles. The summed E-state index contributed by atoms with van der Waals surface area (Å²) < 4.78 is 37.0. The quantitative estimate of drug-likeness (QED) is 0.565. The summed E-state index contributed by atoms with van der Waals surface area (Å²) in [5.74, 6) is -0.919. The van der Waals surface area contributed by atoms with E-state index in [9.17, 15) is 18.0 Å². The van der Waals surface area contributed by atoms with Gasteiger partial charge in [-0.3, -0.25) is 4.79 Å². The first kappa shape index (κ1) is 24.6. The molecule has 2 aromatic rings. The first-order valence-electron chi connectivity index (χ1n) is 9.55. The summed E-state index contributed by atoms with van der Waals surface area (Å²) >= 11 is 6.01. The smallest absolute Gasteiger partial charge is 0.338 e. The van der Waals surface area contributed by atoms with Gasteiger partial charge in [0.25, 0.3) is 5.91 Å². The molecule has 0 saturated heterocycles. The van der Waals surface area contributed by atoms with Crippen LogP contribution in [0.3, 0.4) is 0 Å². The summed E-state index contributed by atoms with van der Waals surface area (Å²) in [7, 11) is -2.27. The van der Waals surface area contributed by atoms with Crippen molar-refractivity contribution < 1.29 is 27.5 Å². The number of esters is 1. The fourth-order valence-corrected chi connectivity index (χ4v) is 4.83. The molecule has 0 atom stereocenters. The van der Waals surface area contributed by atoms with Crippen molar-refractivity contribution in [3.8, 4) is 5.75 Å². The highest BCUT2D eigenvalue weighted by atomic mass is 35.5. The van der Waals surface area contributed by atoms with Gasteiger partial charge in [-0.25, -0.2) is 13.2 Å². The number of hydrogen-bond donors (Lipinski definition) is 1. The molecule has 1 amide bonds. The zero-order valence-electron chi connectivity index (χ0n) is 17.8. The molecule has 0 aliphatic carbocycles. The zero-order chi connectivity index (χ0) is 23.2. The number of nitrogens with zero attached hydrogens (tertiary/aromatic N) is 1. The molecule has 8 nitrogen and oxygen atoms in total. The standard InChI is InChI=1S/C21H25ClN2O6S/c1-5-24(6-2)31(27,28)19-11-15(8-7-14(19)3)21(26)30-13-20(25)23-16-9-10-18(29-4)17(22)12-16/h7-12H,5-6,13H2,1-4H3,(H,23,25). The highest BCUT2D eigenvalue weighted by molar-refractivity contribution is 7.89. The minimum atomic E-state index is -3.75. The third-order valence-corrected chi connectivity index (χ3v) is 7.00. The molecule has 0 unspecified atom stereocenters. The first-order chi connectivity index (χ1) is 14.6. The number of methoxy groups -OCH3 is 1. The van der Waals surface area contributed by atoms with E-state index in [2.05, 4.69) is 5.32 Å². The van der Waals surface area contributed by atoms with E-state index >= 15 is 0 Å². The Morgan fingerprint density at radius 1 is 1.10 bits per heavy atom. The predicted molar refractivity (Wildman–Crippen MR) is 118 cm³/mol. The molecule has 0 aliphatic heterocycles. The summed E-state index contributed by atoms with van der Waals surface area (Å²) in [6.07, 6.45) is 0. The molecule has 168 valence electrons. The Morgan fingerprint density at radius 2 is 1.77 bits per heavy atom. The molecule has 0 bridgehead atoms. The van der Waals surface area contributed by atoms with Crippen LogP contribution in [0.25, 0.3) is 0 Å². The number of anilines is 1. The number of amides is 1. The number of halogens is 1. The highest BCUT2D eigenvalue weighted by Crippen LogP contribution is 2.27. The van der Waals surface area contributed by atoms with Crippen LogP contribution in [0, 0.1) is 6.92 Å². The van der Waals surface area contributed by atoms with Gasteiger partial charge < -0.3 is 14.8 Å². The van der Waals surface area contributed by atoms with Crippen molar-refractivity contribution in [2.24, 2.45) is 0 Å². The van der Waals surface area contributed by atoms with E-state index in [1.54, 1.807) is 32.9 Å². The van der Waals surface area contributed by atoms with E-state index in [4.69, 9.17) is 21.1 Å². The zero-order valence-corrected chi connectivity index (χ0v) is 19.3. The molecule has 0 aliphatic rings. The number of sulfonamides is 1. The molecule has 0 heterocycles. The lowest BCUT2D eigenvalue weighted by Gasteiger charge is -2.20. The van der Waals surface area contributed by atoms with Crippen LogP contribution in [0.4, 0.5) is 5.69 Å². The van der Waals surface area contributed by atoms with Crippen molar-refractivity contribution in [1.29, 1.82) is 0 Å². The Morgan fingerprint density at radius 3 is 2.35 bits per heavy atom. The Balaban J connectivity index is 2.09. The monoisotopic (exact) mass is 468 g/mol. The van der Waals surface area contributed by atoms with E-state index < -0.39 is 28.5 Å². The molecule has 0 fully saturated rings. The van der Waals surface area contributed by atoms with Crippen LogP contribution in [0.15, 0.2) is 41.3 Å². The fourth-order valence-electron chi connectivity index (χ4n) is 2.86. The molecule has 0 spiro atoms. The van der Waals surface area contributed by atoms with Gasteiger partial charge in [0.2, 0.25) is 10.0 Å². The lowest BCUT2D eigenvalue weighted by molar-refractivity contribution is -0.119. The molecular formula is C21H25ClN2O6S. The van der Waals surface area contributed by atoms with Crippen LogP contribution in [0.1, 0.15) is 29.8 Å². The van der Waals surface area contributed by atoms with E-state index in [-0.39, 0.29) is 10.5 Å². The largest absolute Gasteiger partial charge is 0.495 e. The summed E-state index contributed by atoms with van der Waals surface area (Å²) in [5, 5.41) is 2.88. The number of hydrogen-bond acceptors (Lipinski definition) is 6. The number of carbonyl (C=O) groups is 2. The Labute approximate surface area is 187 Å². The SMILES string of the molecule is CCN(CC)S(=O)(=O)c1cc(C(=O)OCC(=O)Nc2ccc(OC)c(Cl)c2)ccc1C. The maximum atomic E-state index is 12.8. The van der Waals surface area contributed by atoms with Crippen LogP contribution in [-0.2, 0) is 19.6 Å². The third kappa shape index (κ3) is 5.96. The number of aryl methyl sites for hydroxylation is 1. The van der Waals surface area contributed by atoms with E-state index in [0.717, 1.165) is 0 Å². The van der Waals surface area contributed by atoms with Gasteiger partial charge in [0.15, 0.2) is 6.61 Å². The van der Waals surface area contributed by atoms with Gasteiger partial charge in [0, 0.05) is 18.8 Å². The van der Waals surface area contributed by atoms with Gasteiger partial charge in [-0.2, -0.15) is 4.31 Å². The molecule has 31 heavy (non-hydrogen) atoms. The van der Waals surface area contributed by atoms with Gasteiger partial charge in [-0.05, 0) is 42.8 Å². The maximum absolute atomic E-state index is 12.8. The van der Waals surface area contributed by atoms with Gasteiger partial charge in [-0.1, -0.05) is 31.5 Å². The Bertz CT molecular complexity index is 1070. The third-order valence-electron chi connectivity index (χ3n) is 4.52. The van der Waals surface area contributed by atoms with Crippen LogP contribution >= 0.6 is 11.6 Å². The fraction of sp³-hybridized carbons (Fsp3) is 0.333. The van der Waals surface area contributed by atoms with Gasteiger partial charge in [0.1, 0.15) is 5.75 Å². The molecule has 0 radical (unpaired) electrons. The summed E-state index contributed by atoms with van der Waals surface area (Å²) in [4.78, 5) is 24.5. The molecule has 1 N–H and O–H groups in total. The number of ether oxygens (including phenoxy) is 2. The minimum absolute atomic E-state index is 0.0305. The predicted octanol–water partition coefficient (Wildman–Crippen LogP) is 3.48. The number of nitrogens with one attached hydrogen (secondary N) is 1. The highest BCUT2D eigenvalue weighted by Gasteiger charge is 2.25. The van der Waals surface area contributed by atoms with Crippen molar-refractivity contribution >= 4 is 39.2 Å². The number of rotatable bonds is 9. The first-order valence-corrected chi connectivity index (χ1v) is 11.4. The summed E-state index contributed by atoms with van der Waals surface area (Å²) in [6, 6.07) is 8.95. The normalized spacial score (nSPS) is 11.3. The second kappa shape index (κ2) is 10.6. The second-order valence-electron chi connectivity index (χ2n) is 6.54. The van der Waals surface area contributed by atoms with E-state index in [1.165, 1.54) is 35.7 Å².